The van der Waals surface area contributed by atoms with Crippen molar-refractivity contribution >= 4 is 16.2 Å². The molecule has 0 saturated carbocycles. The maximum atomic E-state index is 13.1. The van der Waals surface area contributed by atoms with Crippen molar-refractivity contribution in [1.29, 1.82) is 0 Å². The first kappa shape index (κ1) is 21.4. The number of aromatic nitrogens is 2. The van der Waals surface area contributed by atoms with Gasteiger partial charge in [0, 0.05) is 0 Å². The molecule has 1 radical (unpaired) electrons. The van der Waals surface area contributed by atoms with Crippen molar-refractivity contribution in [2.24, 2.45) is 0 Å². The summed E-state index contributed by atoms with van der Waals surface area (Å²) in [5, 5.41) is 0. The third-order valence-electron chi connectivity index (χ3n) is 5.11. The first-order chi connectivity index (χ1) is 13.8. The van der Waals surface area contributed by atoms with Crippen LogP contribution < -0.4 is 11.2 Å². The van der Waals surface area contributed by atoms with E-state index in [2.05, 4.69) is 46.6 Å². The van der Waals surface area contributed by atoms with Crippen LogP contribution >= 0.6 is 0 Å². The molecule has 0 N–H and O–H groups in total. The van der Waals surface area contributed by atoms with E-state index in [-0.39, 0.29) is 17.2 Å². The van der Waals surface area contributed by atoms with Crippen LogP contribution in [0.25, 0.3) is 11.3 Å². The minimum absolute atomic E-state index is 0.00103. The third-order valence-corrected chi connectivity index (χ3v) is 5.78. The predicted molar refractivity (Wildman–Crippen MR) is 120 cm³/mol. The molecule has 0 saturated heterocycles. The van der Waals surface area contributed by atoms with E-state index in [1.54, 1.807) is 4.57 Å². The molecule has 2 aromatic carbocycles. The summed E-state index contributed by atoms with van der Waals surface area (Å²) in [5.41, 5.74) is 5.28. The number of benzene rings is 2. The summed E-state index contributed by atoms with van der Waals surface area (Å²) in [7, 11) is 0. The molecule has 0 spiro atoms. The summed E-state index contributed by atoms with van der Waals surface area (Å²) < 4.78 is 2.90. The van der Waals surface area contributed by atoms with Gasteiger partial charge in [0.05, 0.1) is 0 Å². The van der Waals surface area contributed by atoms with Gasteiger partial charge in [-0.1, -0.05) is 0 Å². The molecule has 0 aliphatic rings. The second kappa shape index (κ2) is 8.98. The van der Waals surface area contributed by atoms with Crippen LogP contribution in [-0.4, -0.2) is 24.4 Å². The van der Waals surface area contributed by atoms with Crippen LogP contribution in [0.3, 0.4) is 0 Å². The Bertz CT molecular complexity index is 1110. The zero-order valence-corrected chi connectivity index (χ0v) is 19.1. The average molecular weight is 454 g/mol. The molecule has 0 fully saturated rings. The van der Waals surface area contributed by atoms with E-state index in [1.807, 2.05) is 45.9 Å². The Morgan fingerprint density at radius 2 is 1.59 bits per heavy atom. The maximum absolute atomic E-state index is 13.1. The van der Waals surface area contributed by atoms with Crippen LogP contribution in [0.4, 0.5) is 0 Å². The zero-order chi connectivity index (χ0) is 21.1. The molecule has 5 heteroatoms. The average Bonchev–Trinajstić information content (AvgIpc) is 2.67. The van der Waals surface area contributed by atoms with Gasteiger partial charge in [-0.05, 0) is 0 Å². The van der Waals surface area contributed by atoms with Crippen LogP contribution in [0.5, 0.6) is 0 Å². The van der Waals surface area contributed by atoms with Gasteiger partial charge in [0.15, 0.2) is 0 Å². The molecule has 4 nitrogen and oxygen atoms in total. The molecule has 151 valence electrons. The summed E-state index contributed by atoms with van der Waals surface area (Å²) in [6.45, 7) is 8.64. The molecule has 3 rings (SSSR count). The molecule has 3 aromatic rings. The Kier molecular flexibility index (Phi) is 6.61. The quantitative estimate of drug-likeness (QED) is 0.529. The number of nitrogens with zero attached hydrogens (tertiary/aromatic N) is 2. The zero-order valence-electron chi connectivity index (χ0n) is 17.4. The van der Waals surface area contributed by atoms with Gasteiger partial charge in [-0.2, -0.15) is 0 Å². The van der Waals surface area contributed by atoms with Crippen LogP contribution in [-0.2, 0) is 13.0 Å². The van der Waals surface area contributed by atoms with Crippen molar-refractivity contribution < 1.29 is 0 Å². The first-order valence-electron chi connectivity index (χ1n) is 9.99. The van der Waals surface area contributed by atoms with E-state index in [0.29, 0.717) is 12.1 Å². The normalized spacial score (nSPS) is 11.2. The standard InChI is InChI=1S/C24H27N2O2Se/c1-16(2)21-22(20-14-17(3)13-18(4)15-20)25(24(28)26(29)23(21)27)12-8-11-19-9-6-5-7-10-19/h5-7,9-10,13-16H,8,11-12H2,1-4H3. The van der Waals surface area contributed by atoms with Gasteiger partial charge in [-0.25, -0.2) is 0 Å². The SMILES string of the molecule is Cc1cc(C)cc(-c2c(C(C)C)c(=O)n([Se])c(=O)n2CCCc2ccccc2)c1. The van der Waals surface area contributed by atoms with Gasteiger partial charge in [0.25, 0.3) is 0 Å². The van der Waals surface area contributed by atoms with E-state index in [1.165, 1.54) is 5.56 Å². The second-order valence-electron chi connectivity index (χ2n) is 7.92. The summed E-state index contributed by atoms with van der Waals surface area (Å²) in [6, 6.07) is 16.5. The van der Waals surface area contributed by atoms with Gasteiger partial charge in [-0.15, -0.1) is 0 Å². The number of aryl methyl sites for hydroxylation is 3. The fourth-order valence-corrected chi connectivity index (χ4v) is 4.30. The molecule has 29 heavy (non-hydrogen) atoms. The predicted octanol–water partition coefficient (Wildman–Crippen LogP) is 3.98. The van der Waals surface area contributed by atoms with Crippen LogP contribution in [0, 0.1) is 13.8 Å². The Morgan fingerprint density at radius 3 is 2.17 bits per heavy atom. The van der Waals surface area contributed by atoms with E-state index < -0.39 is 0 Å². The fraction of sp³-hybridized carbons (Fsp3) is 0.333. The summed E-state index contributed by atoms with van der Waals surface area (Å²) in [4.78, 5) is 26.0. The van der Waals surface area contributed by atoms with Gasteiger partial charge < -0.3 is 0 Å². The Balaban J connectivity index is 2.15. The van der Waals surface area contributed by atoms with Crippen LogP contribution in [0.2, 0.25) is 0 Å². The van der Waals surface area contributed by atoms with Gasteiger partial charge in [0.2, 0.25) is 0 Å². The molecule has 0 aliphatic heterocycles. The van der Waals surface area contributed by atoms with Crippen molar-refractivity contribution in [1.82, 2.24) is 8.15 Å². The van der Waals surface area contributed by atoms with Crippen LogP contribution in [0.1, 0.15) is 48.4 Å². The van der Waals surface area contributed by atoms with Gasteiger partial charge in [0.1, 0.15) is 0 Å². The summed E-state index contributed by atoms with van der Waals surface area (Å²) in [6.07, 6.45) is 1.70. The van der Waals surface area contributed by atoms with Gasteiger partial charge in [-0.3, -0.25) is 0 Å². The van der Waals surface area contributed by atoms with Crippen LogP contribution in [0.15, 0.2) is 58.1 Å². The molecule has 0 atom stereocenters. The van der Waals surface area contributed by atoms with Crippen molar-refractivity contribution in [3.63, 3.8) is 0 Å². The number of rotatable bonds is 6. The first-order valence-corrected chi connectivity index (χ1v) is 10.8. The number of hydrogen-bond donors (Lipinski definition) is 0. The molecular formula is C24H27N2O2Se. The topological polar surface area (TPSA) is 44.0 Å². The summed E-state index contributed by atoms with van der Waals surface area (Å²) >= 11 is 2.65. The monoisotopic (exact) mass is 455 g/mol. The molecule has 0 unspecified atom stereocenters. The van der Waals surface area contributed by atoms with E-state index in [4.69, 9.17) is 0 Å². The summed E-state index contributed by atoms with van der Waals surface area (Å²) in [5.74, 6) is -0.00103. The van der Waals surface area contributed by atoms with Crippen molar-refractivity contribution in [2.75, 3.05) is 0 Å². The van der Waals surface area contributed by atoms with E-state index >= 15 is 0 Å². The molecule has 0 aliphatic carbocycles. The van der Waals surface area contributed by atoms with Crippen molar-refractivity contribution in [3.05, 3.63) is 91.6 Å². The molecule has 0 bridgehead atoms. The molecule has 1 heterocycles. The third kappa shape index (κ3) is 4.63. The Morgan fingerprint density at radius 1 is 0.966 bits per heavy atom. The molecule has 0 amide bonds. The van der Waals surface area contributed by atoms with Gasteiger partial charge >= 0.3 is 180 Å². The molecular weight excluding hydrogens is 427 g/mol. The minimum atomic E-state index is -0.304. The Labute approximate surface area is 180 Å². The fourth-order valence-electron chi connectivity index (χ4n) is 3.88. The van der Waals surface area contributed by atoms with Crippen molar-refractivity contribution in [2.45, 2.75) is 53.0 Å². The Hall–Kier alpha value is -2.36. The molecule has 1 aromatic heterocycles. The van der Waals surface area contributed by atoms with E-state index in [0.717, 1.165) is 38.8 Å². The van der Waals surface area contributed by atoms with E-state index in [9.17, 15) is 9.59 Å². The number of hydrogen-bond acceptors (Lipinski definition) is 2. The second-order valence-corrected chi connectivity index (χ2v) is 8.68. The van der Waals surface area contributed by atoms with Crippen molar-refractivity contribution in [3.8, 4) is 11.3 Å².